The standard InChI is InChI=1S/C14H18N4O2/c19-14(16-10-11-5-9-20-17-11)13-2-1-8-18(13)12-3-6-15-7-4-12/h1-2,5,8-9,12,15H,3-4,6-7,10H2,(H,16,19). The Morgan fingerprint density at radius 3 is 3.05 bits per heavy atom. The molecule has 3 heterocycles. The summed E-state index contributed by atoms with van der Waals surface area (Å²) in [5.74, 6) is -0.0727. The number of hydrogen-bond donors (Lipinski definition) is 2. The minimum absolute atomic E-state index is 0.0727. The molecule has 1 fully saturated rings. The first kappa shape index (κ1) is 12.9. The van der Waals surface area contributed by atoms with Gasteiger partial charge in [-0.05, 0) is 38.1 Å². The molecule has 0 unspecified atom stereocenters. The average Bonchev–Trinajstić information content (AvgIpc) is 3.17. The van der Waals surface area contributed by atoms with Crippen molar-refractivity contribution in [2.45, 2.75) is 25.4 Å². The van der Waals surface area contributed by atoms with E-state index in [1.165, 1.54) is 6.26 Å². The lowest BCUT2D eigenvalue weighted by Gasteiger charge is -2.25. The number of carbonyl (C=O) groups excluding carboxylic acids is 1. The summed E-state index contributed by atoms with van der Waals surface area (Å²) in [5.41, 5.74) is 1.43. The topological polar surface area (TPSA) is 72.1 Å². The van der Waals surface area contributed by atoms with Crippen LogP contribution >= 0.6 is 0 Å². The minimum atomic E-state index is -0.0727. The lowest BCUT2D eigenvalue weighted by atomic mass is 10.1. The number of hydrogen-bond acceptors (Lipinski definition) is 4. The van der Waals surface area contributed by atoms with Gasteiger partial charge in [-0.1, -0.05) is 5.16 Å². The van der Waals surface area contributed by atoms with Crippen LogP contribution in [0.1, 0.15) is 35.1 Å². The lowest BCUT2D eigenvalue weighted by Crippen LogP contribution is -2.32. The molecule has 1 aliphatic heterocycles. The maximum atomic E-state index is 12.3. The number of piperidine rings is 1. The van der Waals surface area contributed by atoms with Gasteiger partial charge in [0.15, 0.2) is 0 Å². The summed E-state index contributed by atoms with van der Waals surface area (Å²) in [6.07, 6.45) is 5.59. The molecule has 3 rings (SSSR count). The Morgan fingerprint density at radius 2 is 2.30 bits per heavy atom. The summed E-state index contributed by atoms with van der Waals surface area (Å²) in [6.45, 7) is 2.39. The Labute approximate surface area is 117 Å². The SMILES string of the molecule is O=C(NCc1ccon1)c1cccn1C1CCNCC1. The molecular weight excluding hydrogens is 256 g/mol. The molecule has 0 radical (unpaired) electrons. The van der Waals surface area contributed by atoms with Gasteiger partial charge in [-0.2, -0.15) is 0 Å². The van der Waals surface area contributed by atoms with E-state index in [9.17, 15) is 4.79 Å². The highest BCUT2D eigenvalue weighted by Gasteiger charge is 2.19. The molecule has 1 aliphatic rings. The summed E-state index contributed by atoms with van der Waals surface area (Å²) in [4.78, 5) is 12.3. The molecule has 2 aromatic rings. The first-order chi connectivity index (χ1) is 9.84. The number of rotatable bonds is 4. The fourth-order valence-corrected chi connectivity index (χ4v) is 2.58. The van der Waals surface area contributed by atoms with E-state index in [4.69, 9.17) is 4.52 Å². The van der Waals surface area contributed by atoms with Crippen LogP contribution in [0.5, 0.6) is 0 Å². The van der Waals surface area contributed by atoms with Crippen molar-refractivity contribution in [3.63, 3.8) is 0 Å². The monoisotopic (exact) mass is 274 g/mol. The summed E-state index contributed by atoms with van der Waals surface area (Å²) >= 11 is 0. The van der Waals surface area contributed by atoms with Gasteiger partial charge in [0, 0.05) is 18.3 Å². The van der Waals surface area contributed by atoms with Crippen LogP contribution in [0.2, 0.25) is 0 Å². The van der Waals surface area contributed by atoms with E-state index in [-0.39, 0.29) is 5.91 Å². The molecule has 0 bridgehead atoms. The zero-order valence-corrected chi connectivity index (χ0v) is 11.2. The predicted molar refractivity (Wildman–Crippen MR) is 73.2 cm³/mol. The number of aromatic nitrogens is 2. The third kappa shape index (κ3) is 2.75. The molecule has 2 N–H and O–H groups in total. The Morgan fingerprint density at radius 1 is 1.45 bits per heavy atom. The van der Waals surface area contributed by atoms with Gasteiger partial charge in [0.2, 0.25) is 0 Å². The van der Waals surface area contributed by atoms with E-state index in [1.54, 1.807) is 6.07 Å². The van der Waals surface area contributed by atoms with Crippen LogP contribution in [-0.2, 0) is 6.54 Å². The van der Waals surface area contributed by atoms with Crippen LogP contribution in [0.4, 0.5) is 0 Å². The van der Waals surface area contributed by atoms with E-state index < -0.39 is 0 Å². The molecule has 6 heteroatoms. The van der Waals surface area contributed by atoms with Crippen LogP contribution in [0.25, 0.3) is 0 Å². The molecule has 1 amide bonds. The summed E-state index contributed by atoms with van der Waals surface area (Å²) < 4.78 is 6.83. The van der Waals surface area contributed by atoms with E-state index in [0.717, 1.165) is 31.6 Å². The predicted octanol–water partition coefficient (Wildman–Crippen LogP) is 1.33. The maximum absolute atomic E-state index is 12.3. The average molecular weight is 274 g/mol. The van der Waals surface area contributed by atoms with Crippen molar-refractivity contribution in [2.24, 2.45) is 0 Å². The quantitative estimate of drug-likeness (QED) is 0.882. The summed E-state index contributed by atoms with van der Waals surface area (Å²) in [5, 5.41) is 9.98. The minimum Gasteiger partial charge on any atom is -0.364 e. The summed E-state index contributed by atoms with van der Waals surface area (Å²) in [6, 6.07) is 5.93. The van der Waals surface area contributed by atoms with E-state index in [0.29, 0.717) is 18.3 Å². The van der Waals surface area contributed by atoms with Gasteiger partial charge in [0.05, 0.1) is 6.54 Å². The highest BCUT2D eigenvalue weighted by Crippen LogP contribution is 2.21. The second kappa shape index (κ2) is 5.92. The number of nitrogens with one attached hydrogen (secondary N) is 2. The molecule has 0 aliphatic carbocycles. The van der Waals surface area contributed by atoms with Crippen molar-refractivity contribution in [1.82, 2.24) is 20.4 Å². The number of carbonyl (C=O) groups is 1. The first-order valence-corrected chi connectivity index (χ1v) is 6.89. The maximum Gasteiger partial charge on any atom is 0.268 e. The van der Waals surface area contributed by atoms with E-state index >= 15 is 0 Å². The number of amides is 1. The molecule has 0 spiro atoms. The second-order valence-corrected chi connectivity index (χ2v) is 4.96. The Hall–Kier alpha value is -2.08. The largest absolute Gasteiger partial charge is 0.364 e. The third-order valence-electron chi connectivity index (χ3n) is 3.63. The fraction of sp³-hybridized carbons (Fsp3) is 0.429. The Bertz CT molecular complexity index is 556. The van der Waals surface area contributed by atoms with Gasteiger partial charge in [0.1, 0.15) is 17.7 Å². The molecule has 6 nitrogen and oxygen atoms in total. The van der Waals surface area contributed by atoms with Gasteiger partial charge in [-0.15, -0.1) is 0 Å². The van der Waals surface area contributed by atoms with Gasteiger partial charge in [-0.3, -0.25) is 4.79 Å². The molecule has 106 valence electrons. The Kier molecular flexibility index (Phi) is 3.83. The van der Waals surface area contributed by atoms with Crippen molar-refractivity contribution in [3.05, 3.63) is 42.0 Å². The van der Waals surface area contributed by atoms with E-state index in [1.807, 2.05) is 18.3 Å². The zero-order chi connectivity index (χ0) is 13.8. The van der Waals surface area contributed by atoms with Gasteiger partial charge < -0.3 is 19.7 Å². The summed E-state index contributed by atoms with van der Waals surface area (Å²) in [7, 11) is 0. The third-order valence-corrected chi connectivity index (χ3v) is 3.63. The Balaban J connectivity index is 1.67. The van der Waals surface area contributed by atoms with Gasteiger partial charge >= 0.3 is 0 Å². The molecule has 0 aromatic carbocycles. The van der Waals surface area contributed by atoms with Crippen molar-refractivity contribution in [1.29, 1.82) is 0 Å². The highest BCUT2D eigenvalue weighted by atomic mass is 16.5. The molecular formula is C14H18N4O2. The van der Waals surface area contributed by atoms with Gasteiger partial charge in [0.25, 0.3) is 5.91 Å². The second-order valence-electron chi connectivity index (χ2n) is 4.96. The zero-order valence-electron chi connectivity index (χ0n) is 11.2. The highest BCUT2D eigenvalue weighted by molar-refractivity contribution is 5.92. The lowest BCUT2D eigenvalue weighted by molar-refractivity contribution is 0.0937. The van der Waals surface area contributed by atoms with Gasteiger partial charge in [-0.25, -0.2) is 0 Å². The van der Waals surface area contributed by atoms with Crippen molar-refractivity contribution < 1.29 is 9.32 Å². The van der Waals surface area contributed by atoms with Crippen LogP contribution in [0, 0.1) is 0 Å². The molecule has 0 saturated carbocycles. The molecule has 20 heavy (non-hydrogen) atoms. The molecule has 1 saturated heterocycles. The van der Waals surface area contributed by atoms with Crippen LogP contribution in [0.15, 0.2) is 35.2 Å². The normalized spacial score (nSPS) is 16.2. The fourth-order valence-electron chi connectivity index (χ4n) is 2.58. The van der Waals surface area contributed by atoms with Crippen LogP contribution < -0.4 is 10.6 Å². The smallest absolute Gasteiger partial charge is 0.268 e. The molecule has 2 aromatic heterocycles. The van der Waals surface area contributed by atoms with Crippen molar-refractivity contribution >= 4 is 5.91 Å². The van der Waals surface area contributed by atoms with Crippen molar-refractivity contribution in [2.75, 3.05) is 13.1 Å². The molecule has 0 atom stereocenters. The van der Waals surface area contributed by atoms with Crippen molar-refractivity contribution in [3.8, 4) is 0 Å². The number of nitrogens with zero attached hydrogens (tertiary/aromatic N) is 2. The van der Waals surface area contributed by atoms with Crippen LogP contribution in [-0.4, -0.2) is 28.7 Å². The van der Waals surface area contributed by atoms with Crippen LogP contribution in [0.3, 0.4) is 0 Å². The van der Waals surface area contributed by atoms with E-state index in [2.05, 4.69) is 20.4 Å². The first-order valence-electron chi connectivity index (χ1n) is 6.89.